The highest BCUT2D eigenvalue weighted by atomic mass is 16.6. The van der Waals surface area contributed by atoms with Crippen molar-refractivity contribution in [3.8, 4) is 5.75 Å². The minimum absolute atomic E-state index is 0.408. The number of nitrogens with one attached hydrogen (secondary N) is 1. The van der Waals surface area contributed by atoms with E-state index in [-0.39, 0.29) is 0 Å². The third kappa shape index (κ3) is 3.61. The molecule has 2 heterocycles. The molecule has 156 valence electrons. The second-order valence-corrected chi connectivity index (χ2v) is 8.21. The summed E-state index contributed by atoms with van der Waals surface area (Å²) >= 11 is 0. The predicted molar refractivity (Wildman–Crippen MR) is 119 cm³/mol. The summed E-state index contributed by atoms with van der Waals surface area (Å²) in [5, 5.41) is 5.64. The van der Waals surface area contributed by atoms with Crippen LogP contribution in [0.2, 0.25) is 0 Å². The van der Waals surface area contributed by atoms with Gasteiger partial charge in [-0.05, 0) is 43.0 Å². The third-order valence-electron chi connectivity index (χ3n) is 5.63. The van der Waals surface area contributed by atoms with E-state index in [9.17, 15) is 9.59 Å². The van der Waals surface area contributed by atoms with Gasteiger partial charge in [0, 0.05) is 29.3 Å². The van der Waals surface area contributed by atoms with E-state index in [1.165, 1.54) is 6.07 Å². The maximum atomic E-state index is 12.7. The molecular formula is C25H21NO5. The number of rotatable bonds is 2. The number of amides is 1. The average molecular weight is 415 g/mol. The van der Waals surface area contributed by atoms with Gasteiger partial charge in [-0.25, -0.2) is 9.59 Å². The molecule has 0 bridgehead atoms. The van der Waals surface area contributed by atoms with Crippen molar-refractivity contribution in [1.82, 2.24) is 0 Å². The van der Waals surface area contributed by atoms with Crippen LogP contribution >= 0.6 is 0 Å². The number of ether oxygens (including phenoxy) is 2. The molecule has 0 spiro atoms. The molecule has 0 radical (unpaired) electrons. The fourth-order valence-electron chi connectivity index (χ4n) is 3.98. The summed E-state index contributed by atoms with van der Waals surface area (Å²) in [6.45, 7) is 3.74. The van der Waals surface area contributed by atoms with Crippen molar-refractivity contribution in [2.75, 3.05) is 5.32 Å². The summed E-state index contributed by atoms with van der Waals surface area (Å²) in [6.07, 6.45) is -0.545. The van der Waals surface area contributed by atoms with Gasteiger partial charge < -0.3 is 13.9 Å². The minimum Gasteiger partial charge on any atom is -0.484 e. The summed E-state index contributed by atoms with van der Waals surface area (Å²) in [7, 11) is 0. The fraction of sp³-hybridized carbons (Fsp3) is 0.200. The molecule has 5 rings (SSSR count). The molecule has 1 aliphatic rings. The number of benzene rings is 3. The quantitative estimate of drug-likeness (QED) is 0.451. The Morgan fingerprint density at radius 2 is 1.84 bits per heavy atom. The van der Waals surface area contributed by atoms with E-state index in [2.05, 4.69) is 5.32 Å². The number of fused-ring (bicyclic) bond motifs is 3. The highest BCUT2D eigenvalue weighted by Crippen LogP contribution is 2.37. The second kappa shape index (κ2) is 7.16. The van der Waals surface area contributed by atoms with Crippen LogP contribution in [0.5, 0.6) is 5.75 Å². The summed E-state index contributed by atoms with van der Waals surface area (Å²) in [6, 6.07) is 20.3. The van der Waals surface area contributed by atoms with Crippen LogP contribution in [-0.2, 0) is 11.2 Å². The van der Waals surface area contributed by atoms with Crippen molar-refractivity contribution in [2.45, 2.75) is 32.0 Å². The van der Waals surface area contributed by atoms with Crippen LogP contribution in [0.4, 0.5) is 10.5 Å². The molecule has 6 heteroatoms. The van der Waals surface area contributed by atoms with Crippen molar-refractivity contribution in [2.24, 2.45) is 0 Å². The van der Waals surface area contributed by atoms with Crippen LogP contribution in [0, 0.1) is 0 Å². The number of hydrogen-bond acceptors (Lipinski definition) is 5. The van der Waals surface area contributed by atoms with Crippen molar-refractivity contribution >= 4 is 33.5 Å². The zero-order valence-electron chi connectivity index (χ0n) is 17.2. The highest BCUT2D eigenvalue weighted by Gasteiger charge is 2.40. The van der Waals surface area contributed by atoms with Crippen molar-refractivity contribution in [3.05, 3.63) is 82.7 Å². The van der Waals surface area contributed by atoms with E-state index in [1.54, 1.807) is 12.1 Å². The van der Waals surface area contributed by atoms with Crippen LogP contribution in [0.1, 0.15) is 19.4 Å². The van der Waals surface area contributed by atoms with Gasteiger partial charge in [-0.1, -0.05) is 36.4 Å². The van der Waals surface area contributed by atoms with Gasteiger partial charge in [0.2, 0.25) is 0 Å². The van der Waals surface area contributed by atoms with Crippen molar-refractivity contribution in [1.29, 1.82) is 0 Å². The third-order valence-corrected chi connectivity index (χ3v) is 5.63. The molecule has 3 aromatic carbocycles. The minimum atomic E-state index is -0.758. The molecule has 1 aliphatic heterocycles. The van der Waals surface area contributed by atoms with E-state index in [0.29, 0.717) is 23.4 Å². The zero-order valence-corrected chi connectivity index (χ0v) is 17.2. The molecule has 1 amide bonds. The Hall–Kier alpha value is -3.80. The largest absolute Gasteiger partial charge is 0.484 e. The van der Waals surface area contributed by atoms with Crippen molar-refractivity contribution < 1.29 is 18.7 Å². The van der Waals surface area contributed by atoms with Crippen LogP contribution in [-0.4, -0.2) is 17.8 Å². The number of carbonyl (C=O) groups is 1. The molecule has 0 saturated carbocycles. The maximum Gasteiger partial charge on any atom is 0.412 e. The molecule has 1 atom stereocenters. The molecular weight excluding hydrogens is 394 g/mol. The Bertz CT molecular complexity index is 1370. The van der Waals surface area contributed by atoms with Gasteiger partial charge in [-0.2, -0.15) is 0 Å². The lowest BCUT2D eigenvalue weighted by Crippen LogP contribution is -2.49. The maximum absolute atomic E-state index is 12.7. The number of carbonyl (C=O) groups excluding carboxylic acids is 1. The molecule has 4 aromatic rings. The number of hydrogen-bond donors (Lipinski definition) is 1. The number of anilines is 1. The van der Waals surface area contributed by atoms with E-state index >= 15 is 0 Å². The van der Waals surface area contributed by atoms with Gasteiger partial charge in [0.1, 0.15) is 23.0 Å². The monoisotopic (exact) mass is 415 g/mol. The lowest BCUT2D eigenvalue weighted by Gasteiger charge is -2.39. The van der Waals surface area contributed by atoms with E-state index < -0.39 is 23.4 Å². The normalized spacial score (nSPS) is 17.0. The van der Waals surface area contributed by atoms with Crippen LogP contribution < -0.4 is 15.7 Å². The van der Waals surface area contributed by atoms with Crippen LogP contribution in [0.15, 0.2) is 75.9 Å². The summed E-state index contributed by atoms with van der Waals surface area (Å²) in [4.78, 5) is 24.2. The Labute approximate surface area is 178 Å². The Morgan fingerprint density at radius 1 is 1.03 bits per heavy atom. The SMILES string of the molecule is CC1(C)Oc2cc3oc(=O)ccc3cc2C[C@@H]1OC(=O)Nc1cccc2ccccc12. The van der Waals surface area contributed by atoms with Gasteiger partial charge in [0.05, 0.1) is 5.69 Å². The van der Waals surface area contributed by atoms with Gasteiger partial charge in [0.15, 0.2) is 0 Å². The molecule has 31 heavy (non-hydrogen) atoms. The molecule has 0 aliphatic carbocycles. The molecule has 0 saturated heterocycles. The first-order valence-electron chi connectivity index (χ1n) is 10.1. The standard InChI is InChI=1S/C25H21NO5/c1-25(2)22(13-17-12-16-10-11-23(27)29-20(16)14-21(17)31-25)30-24(28)26-19-9-5-7-15-6-3-4-8-18(15)19/h3-12,14,22H,13H2,1-2H3,(H,26,28)/t22-/m0/s1. The molecule has 1 aromatic heterocycles. The summed E-state index contributed by atoms with van der Waals surface area (Å²) in [5.74, 6) is 0.626. The fourth-order valence-corrected chi connectivity index (χ4v) is 3.98. The zero-order chi connectivity index (χ0) is 21.6. The topological polar surface area (TPSA) is 77.8 Å². The van der Waals surface area contributed by atoms with Crippen LogP contribution in [0.3, 0.4) is 0 Å². The first-order valence-corrected chi connectivity index (χ1v) is 10.1. The smallest absolute Gasteiger partial charge is 0.412 e. The first kappa shape index (κ1) is 19.2. The average Bonchev–Trinajstić information content (AvgIpc) is 2.73. The lowest BCUT2D eigenvalue weighted by atomic mass is 9.90. The van der Waals surface area contributed by atoms with E-state index in [0.717, 1.165) is 21.7 Å². The highest BCUT2D eigenvalue weighted by molar-refractivity contribution is 6.00. The first-order chi connectivity index (χ1) is 14.9. The molecule has 6 nitrogen and oxygen atoms in total. The lowest BCUT2D eigenvalue weighted by molar-refractivity contribution is -0.0457. The summed E-state index contributed by atoms with van der Waals surface area (Å²) < 4.78 is 17.2. The van der Waals surface area contributed by atoms with E-state index in [4.69, 9.17) is 13.9 Å². The van der Waals surface area contributed by atoms with Gasteiger partial charge in [-0.3, -0.25) is 5.32 Å². The van der Waals surface area contributed by atoms with E-state index in [1.807, 2.05) is 62.4 Å². The van der Waals surface area contributed by atoms with Crippen LogP contribution in [0.25, 0.3) is 21.7 Å². The van der Waals surface area contributed by atoms with Crippen molar-refractivity contribution in [3.63, 3.8) is 0 Å². The Balaban J connectivity index is 1.39. The van der Waals surface area contributed by atoms with Gasteiger partial charge in [0.25, 0.3) is 0 Å². The Kier molecular flexibility index (Phi) is 4.43. The second-order valence-electron chi connectivity index (χ2n) is 8.21. The summed E-state index contributed by atoms with van der Waals surface area (Å²) in [5.41, 5.74) is 0.887. The molecule has 1 N–H and O–H groups in total. The molecule has 0 fully saturated rings. The Morgan fingerprint density at radius 3 is 2.71 bits per heavy atom. The van der Waals surface area contributed by atoms with Gasteiger partial charge >= 0.3 is 11.7 Å². The molecule has 0 unspecified atom stereocenters. The predicted octanol–water partition coefficient (Wildman–Crippen LogP) is 5.28. The van der Waals surface area contributed by atoms with Gasteiger partial charge in [-0.15, -0.1) is 0 Å².